The average Bonchev–Trinajstić information content (AvgIpc) is 0.872. The van der Waals surface area contributed by atoms with Crippen molar-refractivity contribution < 1.29 is 254 Å². The molecule has 0 heterocycles. The summed E-state index contributed by atoms with van der Waals surface area (Å²) in [5, 5.41) is 211. The molecule has 0 atom stereocenters. The molecular formula is C88H100Cl12O24Ti6. The third-order valence-electron chi connectivity index (χ3n) is 10.9. The predicted molar refractivity (Wildman–Crippen MR) is 475 cm³/mol. The maximum atomic E-state index is 10.9. The van der Waals surface area contributed by atoms with Crippen molar-refractivity contribution in [1.29, 1.82) is 0 Å². The number of benzene rings is 12. The molecule has 24 nitrogen and oxygen atoms in total. The maximum absolute atomic E-state index is 10.9. The van der Waals surface area contributed by atoms with Crippen LogP contribution in [0.15, 0.2) is 218 Å². The monoisotopic (exact) mass is 2250 g/mol. The number of rotatable bonds is 0. The van der Waals surface area contributed by atoms with E-state index in [-0.39, 0.29) is 177 Å². The molecule has 130 heavy (non-hydrogen) atoms. The molecule has 0 aliphatic rings. The number of hydrogen-bond donors (Lipinski definition) is 4. The van der Waals surface area contributed by atoms with Crippen LogP contribution in [0.5, 0.6) is 69.0 Å². The first-order valence-corrected chi connectivity index (χ1v) is 40.9. The van der Waals surface area contributed by atoms with E-state index < -0.39 is 111 Å². The van der Waals surface area contributed by atoms with E-state index in [2.05, 4.69) is 0 Å². The molecule has 0 saturated carbocycles. The van der Waals surface area contributed by atoms with E-state index in [0.29, 0.717) is 0 Å². The van der Waals surface area contributed by atoms with Crippen LogP contribution in [0.1, 0.15) is 111 Å². The standard InChI is InChI=1S/6C10H8O2.4C3H8O.4C3H7O.4CHCl3.4O.6Ti/c6*11-9-5-7-3-1-2-4-8(7)6-10(9)12;8*1-3(2)4;4*2-1(3)4;;;;;;;;;;/h6*1-6,11-12H;4*3-4H,1-2H3;4*3H,1-2H3;4*1H;;;;;;;;;;/q;;;;;;;;;;4*-1;;;;;4*-2;6*+4/p-12. The first-order valence-electron chi connectivity index (χ1n) is 35.7. The smallest absolute Gasteiger partial charge is 2.00 e. The summed E-state index contributed by atoms with van der Waals surface area (Å²) in [6.45, 7) is 26.7. The summed E-state index contributed by atoms with van der Waals surface area (Å²) in [5.41, 5.74) is 0. The molecule has 704 valence electrons. The second-order valence-corrected chi connectivity index (χ2v) is 33.4. The van der Waals surface area contributed by atoms with Crippen molar-refractivity contribution >= 4 is 204 Å². The minimum Gasteiger partial charge on any atom is -2.00 e. The molecule has 0 aliphatic heterocycles. The van der Waals surface area contributed by atoms with Crippen LogP contribution < -0.4 is 81.7 Å². The van der Waals surface area contributed by atoms with E-state index in [1.54, 1.807) is 111 Å². The van der Waals surface area contributed by atoms with Crippen LogP contribution in [0.2, 0.25) is 0 Å². The SMILES string of the molecule is CC(C)O.CC(C)O.CC(C)O.CC(C)O.CC(C)[O-].CC(C)[O-].CC(C)[O-].CC(C)[O-].ClC(Cl)Cl.ClC(Cl)Cl.ClC(Cl)Cl.ClC(Cl)Cl.[O-2].[O-2].[O-2].[O-2].[O-]c1cc2ccccc2cc1[O-].[O-]c1cc2ccccc2cc1[O-].[O-]c1cc2ccccc2cc1[O-].[O-]c1cc2ccccc2cc1[O-].[O-]c1cc2ccccc2cc1[O-].[O-]c1cc2ccccc2cc1[O-].[Ti+4].[Ti+4].[Ti+4].[Ti+4].[Ti+4].[Ti+4]. The van der Waals surface area contributed by atoms with E-state index in [9.17, 15) is 81.7 Å². The number of fused-ring (bicyclic) bond motifs is 6. The molecule has 42 heteroatoms. The van der Waals surface area contributed by atoms with Gasteiger partial charge in [-0.1, -0.05) is 413 Å². The Morgan fingerprint density at radius 3 is 0.246 bits per heavy atom. The van der Waals surface area contributed by atoms with Crippen LogP contribution in [0.4, 0.5) is 0 Å². The third-order valence-corrected chi connectivity index (χ3v) is 10.9. The fourth-order valence-corrected chi connectivity index (χ4v) is 7.19. The van der Waals surface area contributed by atoms with Crippen LogP contribution in [0, 0.1) is 0 Å². The molecule has 0 saturated heterocycles. The van der Waals surface area contributed by atoms with Crippen molar-refractivity contribution in [2.24, 2.45) is 0 Å². The largest absolute Gasteiger partial charge is 4.00 e. The minimum atomic E-state index is -0.750. The second-order valence-electron chi connectivity index (χ2n) is 25.4. The van der Waals surface area contributed by atoms with Crippen molar-refractivity contribution in [2.45, 2.75) is 177 Å². The number of hydrogen-bond acceptors (Lipinski definition) is 20. The minimum absolute atomic E-state index is 0. The molecule has 12 aromatic rings. The zero-order valence-corrected chi connectivity index (χ0v) is 91.6. The zero-order valence-electron chi connectivity index (χ0n) is 73.2. The van der Waals surface area contributed by atoms with Gasteiger partial charge in [-0.05, 0) is 120 Å². The Balaban J connectivity index is -0.0000000771. The van der Waals surface area contributed by atoms with Gasteiger partial charge in [-0.25, -0.2) is 0 Å². The first kappa shape index (κ1) is 164. The third kappa shape index (κ3) is 106. The maximum Gasteiger partial charge on any atom is 4.00 e. The molecule has 0 spiro atoms. The van der Waals surface area contributed by atoms with Crippen LogP contribution in [-0.2, 0) is 152 Å². The Hall–Kier alpha value is -2.91. The first-order chi connectivity index (χ1) is 55.4. The van der Waals surface area contributed by atoms with Crippen LogP contribution >= 0.6 is 139 Å². The Morgan fingerprint density at radius 2 is 0.208 bits per heavy atom. The van der Waals surface area contributed by atoms with E-state index in [4.69, 9.17) is 160 Å². The number of aliphatic hydroxyl groups is 4. The normalized spacial score (nSPS) is 9.05. The van der Waals surface area contributed by atoms with Crippen LogP contribution in [-0.4, -0.2) is 86.4 Å². The van der Waals surface area contributed by atoms with Gasteiger partial charge in [0.2, 0.25) is 0 Å². The van der Waals surface area contributed by atoms with Crippen molar-refractivity contribution in [1.82, 2.24) is 0 Å². The summed E-state index contributed by atoms with van der Waals surface area (Å²) in [4.78, 5) is 0. The van der Waals surface area contributed by atoms with Gasteiger partial charge in [-0.15, -0.1) is 93.4 Å². The average molecular weight is 2250 g/mol. The van der Waals surface area contributed by atoms with Crippen LogP contribution in [0.3, 0.4) is 0 Å². The molecule has 0 aromatic heterocycles. The molecule has 12 aromatic carbocycles. The van der Waals surface area contributed by atoms with E-state index in [0.717, 1.165) is 64.6 Å². The molecule has 0 amide bonds. The second kappa shape index (κ2) is 99.1. The Labute approximate surface area is 912 Å². The van der Waals surface area contributed by atoms with Gasteiger partial charge in [-0.2, -0.15) is 0 Å². The van der Waals surface area contributed by atoms with Gasteiger partial charge in [0.1, 0.15) is 0 Å². The van der Waals surface area contributed by atoms with Gasteiger partial charge >= 0.3 is 130 Å². The van der Waals surface area contributed by atoms with Gasteiger partial charge in [0.15, 0.2) is 17.2 Å². The summed E-state index contributed by atoms with van der Waals surface area (Å²) >= 11 is 57.7. The summed E-state index contributed by atoms with van der Waals surface area (Å²) < 4.78 is -3.00. The molecule has 0 radical (unpaired) electrons. The van der Waals surface area contributed by atoms with Crippen molar-refractivity contribution in [3.8, 4) is 69.0 Å². The molecule has 0 aliphatic carbocycles. The van der Waals surface area contributed by atoms with Gasteiger partial charge in [0.05, 0.1) is 0 Å². The van der Waals surface area contributed by atoms with Gasteiger partial charge < -0.3 is 124 Å². The van der Waals surface area contributed by atoms with Gasteiger partial charge in [-0.3, -0.25) is 0 Å². The van der Waals surface area contributed by atoms with Gasteiger partial charge in [0, 0.05) is 24.4 Å². The van der Waals surface area contributed by atoms with E-state index in [1.165, 1.54) is 72.8 Å². The molecule has 4 N–H and O–H groups in total. The quantitative estimate of drug-likeness (QED) is 0.0809. The Bertz CT molecular complexity index is 3560. The zero-order chi connectivity index (χ0) is 94.2. The van der Waals surface area contributed by atoms with Crippen molar-refractivity contribution in [3.63, 3.8) is 0 Å². The molecule has 12 rings (SSSR count). The Morgan fingerprint density at radius 1 is 0.169 bits per heavy atom. The number of aliphatic hydroxyl groups excluding tert-OH is 4. The molecule has 0 bridgehead atoms. The predicted octanol–water partition coefficient (Wildman–Crippen LogP) is 13.9. The summed E-state index contributed by atoms with van der Waals surface area (Å²) in [6, 6.07) is 60.3. The van der Waals surface area contributed by atoms with Gasteiger partial charge in [0.25, 0.3) is 0 Å². The van der Waals surface area contributed by atoms with Crippen molar-refractivity contribution in [3.05, 3.63) is 218 Å². The molecule has 0 unspecified atom stereocenters. The van der Waals surface area contributed by atoms with E-state index >= 15 is 0 Å². The summed E-state index contributed by atoms with van der Waals surface area (Å²) in [6.07, 6.45) is -2.33. The van der Waals surface area contributed by atoms with Crippen molar-refractivity contribution in [2.75, 3.05) is 0 Å². The number of halogens is 12. The van der Waals surface area contributed by atoms with Crippen LogP contribution in [0.25, 0.3) is 64.6 Å². The fraction of sp³-hybridized carbons (Fsp3) is 0.318. The Kier molecular flexibility index (Phi) is 125. The fourth-order valence-electron chi connectivity index (χ4n) is 7.19. The summed E-state index contributed by atoms with van der Waals surface area (Å²) in [7, 11) is 0. The molecule has 0 fully saturated rings. The topological polar surface area (TPSA) is 564 Å². The summed E-state index contributed by atoms with van der Waals surface area (Å²) in [5.74, 6) is -5.24. The molecular weight excluding hydrogens is 2150 g/mol. The van der Waals surface area contributed by atoms with E-state index in [1.807, 2.05) is 146 Å². The number of alkyl halides is 12.